The van der Waals surface area contributed by atoms with Crippen LogP contribution in [0.1, 0.15) is 15.9 Å². The molecule has 2 nitrogen and oxygen atoms in total. The van der Waals surface area contributed by atoms with Crippen LogP contribution in [0.4, 0.5) is 0 Å². The van der Waals surface area contributed by atoms with E-state index in [0.29, 0.717) is 6.42 Å². The van der Waals surface area contributed by atoms with E-state index < -0.39 is 0 Å². The highest BCUT2D eigenvalue weighted by Gasteiger charge is 1.84. The molecule has 0 bridgehead atoms. The summed E-state index contributed by atoms with van der Waals surface area (Å²) in [4.78, 5) is 10.0. The van der Waals surface area contributed by atoms with Crippen LogP contribution in [0.5, 0.6) is 0 Å². The predicted molar refractivity (Wildman–Crippen MR) is 67.6 cm³/mol. The van der Waals surface area contributed by atoms with Crippen molar-refractivity contribution in [1.82, 2.24) is 0 Å². The summed E-state index contributed by atoms with van der Waals surface area (Å²) in [6, 6.07) is 20.9. The number of nitrogens with zero attached hydrogens (tertiary/aromatic N) is 1. The van der Waals surface area contributed by atoms with E-state index in [0.717, 1.165) is 17.4 Å². The molecule has 84 valence electrons. The number of carbonyl (C=O) groups excluding carboxylic acids is 1. The zero-order valence-electron chi connectivity index (χ0n) is 9.41. The van der Waals surface area contributed by atoms with Gasteiger partial charge in [0.25, 0.3) is 0 Å². The molecule has 17 heavy (non-hydrogen) atoms. The Morgan fingerprint density at radius 2 is 1.47 bits per heavy atom. The lowest BCUT2D eigenvalue weighted by molar-refractivity contribution is 0.112. The summed E-state index contributed by atoms with van der Waals surface area (Å²) in [6.45, 7) is 0. The second kappa shape index (κ2) is 7.84. The highest BCUT2D eigenvalue weighted by molar-refractivity contribution is 5.74. The van der Waals surface area contributed by atoms with Crippen molar-refractivity contribution in [3.63, 3.8) is 0 Å². The van der Waals surface area contributed by atoms with Crippen LogP contribution in [0.15, 0.2) is 60.7 Å². The van der Waals surface area contributed by atoms with Crippen LogP contribution < -0.4 is 0 Å². The molecule has 0 aliphatic heterocycles. The van der Waals surface area contributed by atoms with E-state index in [-0.39, 0.29) is 0 Å². The molecule has 0 amide bonds. The molecule has 0 heterocycles. The van der Waals surface area contributed by atoms with Gasteiger partial charge in [0.15, 0.2) is 0 Å². The smallest absolute Gasteiger partial charge is 0.150 e. The maximum Gasteiger partial charge on any atom is 0.150 e. The Labute approximate surface area is 101 Å². The zero-order valence-corrected chi connectivity index (χ0v) is 9.41. The summed E-state index contributed by atoms with van der Waals surface area (Å²) in [5.41, 5.74) is 1.81. The molecule has 0 unspecified atom stereocenters. The third-order valence-electron chi connectivity index (χ3n) is 2.06. The van der Waals surface area contributed by atoms with Gasteiger partial charge in [-0.1, -0.05) is 60.7 Å². The van der Waals surface area contributed by atoms with Gasteiger partial charge in [0, 0.05) is 5.56 Å². The second-order valence-corrected chi connectivity index (χ2v) is 3.35. The number of benzene rings is 2. The molecule has 0 saturated carbocycles. The minimum Gasteiger partial charge on any atom is -0.298 e. The minimum absolute atomic E-state index is 0.515. The summed E-state index contributed by atoms with van der Waals surface area (Å²) >= 11 is 0. The highest BCUT2D eigenvalue weighted by atomic mass is 16.1. The quantitative estimate of drug-likeness (QED) is 0.733. The Balaban J connectivity index is 0.000000171. The van der Waals surface area contributed by atoms with E-state index >= 15 is 0 Å². The number of hydrogen-bond donors (Lipinski definition) is 0. The number of nitriles is 1. The third kappa shape index (κ3) is 5.29. The largest absolute Gasteiger partial charge is 0.298 e. The van der Waals surface area contributed by atoms with Crippen LogP contribution in [0.25, 0.3) is 0 Å². The van der Waals surface area contributed by atoms with E-state index in [1.165, 1.54) is 0 Å². The van der Waals surface area contributed by atoms with Crippen molar-refractivity contribution in [2.24, 2.45) is 0 Å². The fourth-order valence-corrected chi connectivity index (χ4v) is 1.22. The first-order valence-electron chi connectivity index (χ1n) is 5.28. The maximum absolute atomic E-state index is 10.0. The van der Waals surface area contributed by atoms with Crippen LogP contribution in [-0.2, 0) is 6.42 Å². The molecule has 2 aromatic carbocycles. The summed E-state index contributed by atoms with van der Waals surface area (Å²) in [7, 11) is 0. The molecule has 2 aromatic rings. The Morgan fingerprint density at radius 3 is 1.88 bits per heavy atom. The standard InChI is InChI=1S/C8H7N.C7H6O/c9-7-6-8-4-2-1-3-5-8;8-6-7-4-2-1-3-5-7/h1-5H,6H2;1-6H. The molecule has 0 spiro atoms. The fraction of sp³-hybridized carbons (Fsp3) is 0.0667. The molecular weight excluding hydrogens is 210 g/mol. The Hall–Kier alpha value is -2.40. The molecule has 0 radical (unpaired) electrons. The molecule has 0 aliphatic carbocycles. The van der Waals surface area contributed by atoms with Gasteiger partial charge >= 0.3 is 0 Å². The summed E-state index contributed by atoms with van der Waals surface area (Å²) in [6.07, 6.45) is 1.35. The average Bonchev–Trinajstić information content (AvgIpc) is 2.42. The van der Waals surface area contributed by atoms with Gasteiger partial charge in [-0.05, 0) is 5.56 Å². The van der Waals surface area contributed by atoms with E-state index in [2.05, 4.69) is 6.07 Å². The summed E-state index contributed by atoms with van der Waals surface area (Å²) < 4.78 is 0. The van der Waals surface area contributed by atoms with Gasteiger partial charge in [-0.3, -0.25) is 4.79 Å². The number of aldehydes is 1. The van der Waals surface area contributed by atoms with E-state index in [9.17, 15) is 4.79 Å². The van der Waals surface area contributed by atoms with Gasteiger partial charge in [-0.15, -0.1) is 0 Å². The van der Waals surface area contributed by atoms with E-state index in [4.69, 9.17) is 5.26 Å². The van der Waals surface area contributed by atoms with Crippen molar-refractivity contribution in [1.29, 1.82) is 5.26 Å². The maximum atomic E-state index is 10.0. The minimum atomic E-state index is 0.515. The Kier molecular flexibility index (Phi) is 5.84. The number of hydrogen-bond acceptors (Lipinski definition) is 2. The Bertz CT molecular complexity index is 471. The Morgan fingerprint density at radius 1 is 0.941 bits per heavy atom. The highest BCUT2D eigenvalue weighted by Crippen LogP contribution is 1.97. The van der Waals surface area contributed by atoms with Crippen LogP contribution in [0.2, 0.25) is 0 Å². The SMILES string of the molecule is N#CCc1ccccc1.O=Cc1ccccc1. The van der Waals surface area contributed by atoms with Crippen molar-refractivity contribution in [2.45, 2.75) is 6.42 Å². The summed E-state index contributed by atoms with van der Waals surface area (Å²) in [5, 5.41) is 8.27. The topological polar surface area (TPSA) is 40.9 Å². The van der Waals surface area contributed by atoms with Gasteiger partial charge in [0.1, 0.15) is 6.29 Å². The fourth-order valence-electron chi connectivity index (χ4n) is 1.22. The molecule has 0 saturated heterocycles. The van der Waals surface area contributed by atoms with Crippen LogP contribution in [-0.4, -0.2) is 6.29 Å². The molecule has 0 atom stereocenters. The van der Waals surface area contributed by atoms with Gasteiger partial charge in [-0.2, -0.15) is 5.26 Å². The molecular formula is C15H13NO. The lowest BCUT2D eigenvalue weighted by atomic mass is 10.2. The lowest BCUT2D eigenvalue weighted by Crippen LogP contribution is -1.76. The van der Waals surface area contributed by atoms with Crippen molar-refractivity contribution >= 4 is 6.29 Å². The van der Waals surface area contributed by atoms with Crippen LogP contribution in [0, 0.1) is 11.3 Å². The number of rotatable bonds is 2. The van der Waals surface area contributed by atoms with Crippen molar-refractivity contribution in [3.8, 4) is 6.07 Å². The van der Waals surface area contributed by atoms with Crippen molar-refractivity contribution in [3.05, 3.63) is 71.8 Å². The first kappa shape index (κ1) is 12.7. The molecule has 2 rings (SSSR count). The third-order valence-corrected chi connectivity index (χ3v) is 2.06. The van der Waals surface area contributed by atoms with E-state index in [1.54, 1.807) is 12.1 Å². The van der Waals surface area contributed by atoms with Crippen molar-refractivity contribution < 1.29 is 4.79 Å². The average molecular weight is 223 g/mol. The van der Waals surface area contributed by atoms with Crippen LogP contribution in [0.3, 0.4) is 0 Å². The van der Waals surface area contributed by atoms with Gasteiger partial charge in [0.05, 0.1) is 12.5 Å². The first-order chi connectivity index (χ1) is 8.36. The first-order valence-corrected chi connectivity index (χ1v) is 5.28. The molecule has 0 aliphatic rings. The zero-order chi connectivity index (χ0) is 12.3. The van der Waals surface area contributed by atoms with Gasteiger partial charge in [-0.25, -0.2) is 0 Å². The second-order valence-electron chi connectivity index (χ2n) is 3.35. The molecule has 0 fully saturated rings. The van der Waals surface area contributed by atoms with E-state index in [1.807, 2.05) is 48.5 Å². The van der Waals surface area contributed by atoms with Gasteiger partial charge in [0.2, 0.25) is 0 Å². The lowest BCUT2D eigenvalue weighted by Gasteiger charge is -1.88. The van der Waals surface area contributed by atoms with Crippen LogP contribution >= 0.6 is 0 Å². The molecule has 0 aromatic heterocycles. The monoisotopic (exact) mass is 223 g/mol. The number of carbonyl (C=O) groups is 1. The molecule has 2 heteroatoms. The predicted octanol–water partition coefficient (Wildman–Crippen LogP) is 3.25. The summed E-state index contributed by atoms with van der Waals surface area (Å²) in [5.74, 6) is 0. The van der Waals surface area contributed by atoms with Gasteiger partial charge < -0.3 is 0 Å². The molecule has 0 N–H and O–H groups in total. The van der Waals surface area contributed by atoms with Crippen molar-refractivity contribution in [2.75, 3.05) is 0 Å². The normalized spacial score (nSPS) is 8.41.